The second kappa shape index (κ2) is 6.06. The van der Waals surface area contributed by atoms with Crippen molar-refractivity contribution in [1.29, 1.82) is 0 Å². The highest BCUT2D eigenvalue weighted by molar-refractivity contribution is 5.93. The van der Waals surface area contributed by atoms with E-state index < -0.39 is 0 Å². The minimum Gasteiger partial charge on any atom is -0.494 e. The molecular weight excluding hydrogens is 240 g/mol. The molecule has 1 heterocycles. The smallest absolute Gasteiger partial charge is 0.229 e. The number of rotatable bonds is 4. The molecule has 4 heteroatoms. The molecule has 1 aromatic rings. The number of amides is 1. The molecule has 4 nitrogen and oxygen atoms in total. The normalized spacial score (nSPS) is 22.3. The molecule has 0 radical (unpaired) electrons. The Bertz CT molecular complexity index is 459. The van der Waals surface area contributed by atoms with Crippen LogP contribution in [0.4, 0.5) is 5.69 Å². The lowest BCUT2D eigenvalue weighted by atomic mass is 9.97. The van der Waals surface area contributed by atoms with Crippen molar-refractivity contribution in [1.82, 2.24) is 5.32 Å². The highest BCUT2D eigenvalue weighted by Crippen LogP contribution is 2.23. The summed E-state index contributed by atoms with van der Waals surface area (Å²) in [4.78, 5) is 12.2. The summed E-state index contributed by atoms with van der Waals surface area (Å²) in [6, 6.07) is 5.75. The maximum atomic E-state index is 12.2. The number of anilines is 1. The SMILES string of the molecule is CCOc1ccc(NC(=O)C2CNCC2C)c(C)c1. The van der Waals surface area contributed by atoms with E-state index in [1.165, 1.54) is 0 Å². The fourth-order valence-corrected chi connectivity index (χ4v) is 2.42. The van der Waals surface area contributed by atoms with Crippen molar-refractivity contribution in [3.05, 3.63) is 23.8 Å². The molecule has 1 aliphatic heterocycles. The van der Waals surface area contributed by atoms with Gasteiger partial charge in [0.05, 0.1) is 12.5 Å². The zero-order valence-electron chi connectivity index (χ0n) is 11.8. The van der Waals surface area contributed by atoms with Crippen molar-refractivity contribution >= 4 is 11.6 Å². The first-order valence-electron chi connectivity index (χ1n) is 6.87. The van der Waals surface area contributed by atoms with Crippen molar-refractivity contribution in [2.45, 2.75) is 20.8 Å². The number of ether oxygens (including phenoxy) is 1. The van der Waals surface area contributed by atoms with E-state index in [-0.39, 0.29) is 11.8 Å². The van der Waals surface area contributed by atoms with Gasteiger partial charge in [-0.05, 0) is 50.1 Å². The van der Waals surface area contributed by atoms with E-state index >= 15 is 0 Å². The molecule has 0 aromatic heterocycles. The van der Waals surface area contributed by atoms with Crippen molar-refractivity contribution < 1.29 is 9.53 Å². The van der Waals surface area contributed by atoms with E-state index in [1.807, 2.05) is 32.0 Å². The lowest BCUT2D eigenvalue weighted by Crippen LogP contribution is -2.28. The second-order valence-electron chi connectivity index (χ2n) is 5.14. The number of hydrogen-bond acceptors (Lipinski definition) is 3. The van der Waals surface area contributed by atoms with Gasteiger partial charge in [-0.3, -0.25) is 4.79 Å². The van der Waals surface area contributed by atoms with E-state index in [2.05, 4.69) is 17.6 Å². The third kappa shape index (κ3) is 3.26. The Labute approximate surface area is 114 Å². The molecular formula is C15H22N2O2. The summed E-state index contributed by atoms with van der Waals surface area (Å²) in [5.74, 6) is 1.40. The van der Waals surface area contributed by atoms with Gasteiger partial charge in [0.25, 0.3) is 0 Å². The molecule has 0 saturated carbocycles. The van der Waals surface area contributed by atoms with Crippen LogP contribution in [0.5, 0.6) is 5.75 Å². The predicted molar refractivity (Wildman–Crippen MR) is 76.5 cm³/mol. The molecule has 2 rings (SSSR count). The van der Waals surface area contributed by atoms with Crippen LogP contribution in [0.25, 0.3) is 0 Å². The quantitative estimate of drug-likeness (QED) is 0.874. The van der Waals surface area contributed by atoms with E-state index in [1.54, 1.807) is 0 Å². The Hall–Kier alpha value is -1.55. The van der Waals surface area contributed by atoms with Gasteiger partial charge in [0.2, 0.25) is 5.91 Å². The third-order valence-corrected chi connectivity index (χ3v) is 3.62. The zero-order chi connectivity index (χ0) is 13.8. The monoisotopic (exact) mass is 262 g/mol. The minimum absolute atomic E-state index is 0.0611. The molecule has 2 atom stereocenters. The van der Waals surface area contributed by atoms with Gasteiger partial charge in [-0.15, -0.1) is 0 Å². The van der Waals surface area contributed by atoms with Gasteiger partial charge in [0.15, 0.2) is 0 Å². The molecule has 1 amide bonds. The lowest BCUT2D eigenvalue weighted by Gasteiger charge is -2.16. The highest BCUT2D eigenvalue weighted by Gasteiger charge is 2.29. The molecule has 19 heavy (non-hydrogen) atoms. The van der Waals surface area contributed by atoms with Crippen LogP contribution in [0.3, 0.4) is 0 Å². The second-order valence-corrected chi connectivity index (χ2v) is 5.14. The summed E-state index contributed by atoms with van der Waals surface area (Å²) in [7, 11) is 0. The van der Waals surface area contributed by atoms with Gasteiger partial charge < -0.3 is 15.4 Å². The summed E-state index contributed by atoms with van der Waals surface area (Å²) >= 11 is 0. The summed E-state index contributed by atoms with van der Waals surface area (Å²) < 4.78 is 5.44. The molecule has 0 aliphatic carbocycles. The predicted octanol–water partition coefficient (Wildman–Crippen LogP) is 2.19. The average molecular weight is 262 g/mol. The van der Waals surface area contributed by atoms with Gasteiger partial charge in [-0.1, -0.05) is 6.92 Å². The number of hydrogen-bond donors (Lipinski definition) is 2. The molecule has 1 saturated heterocycles. The fraction of sp³-hybridized carbons (Fsp3) is 0.533. The van der Waals surface area contributed by atoms with Gasteiger partial charge >= 0.3 is 0 Å². The molecule has 0 bridgehead atoms. The maximum Gasteiger partial charge on any atom is 0.229 e. The molecule has 0 spiro atoms. The number of carbonyl (C=O) groups is 1. The van der Waals surface area contributed by atoms with Crippen LogP contribution < -0.4 is 15.4 Å². The Morgan fingerprint density at radius 2 is 2.26 bits per heavy atom. The van der Waals surface area contributed by atoms with Crippen molar-refractivity contribution in [3.8, 4) is 5.75 Å². The molecule has 104 valence electrons. The zero-order valence-corrected chi connectivity index (χ0v) is 11.8. The van der Waals surface area contributed by atoms with E-state index in [0.717, 1.165) is 30.1 Å². The van der Waals surface area contributed by atoms with E-state index in [0.29, 0.717) is 12.5 Å². The highest BCUT2D eigenvalue weighted by atomic mass is 16.5. The van der Waals surface area contributed by atoms with Crippen molar-refractivity contribution in [2.24, 2.45) is 11.8 Å². The number of benzene rings is 1. The molecule has 2 N–H and O–H groups in total. The topological polar surface area (TPSA) is 50.4 Å². The van der Waals surface area contributed by atoms with Crippen LogP contribution in [0.2, 0.25) is 0 Å². The van der Waals surface area contributed by atoms with Crippen LogP contribution in [-0.2, 0) is 4.79 Å². The summed E-state index contributed by atoms with van der Waals surface area (Å²) in [5.41, 5.74) is 1.89. The van der Waals surface area contributed by atoms with Crippen LogP contribution in [0.1, 0.15) is 19.4 Å². The standard InChI is InChI=1S/C15H22N2O2/c1-4-19-12-5-6-14(10(2)7-12)17-15(18)13-9-16-8-11(13)3/h5-7,11,13,16H,4,8-9H2,1-3H3,(H,17,18). The van der Waals surface area contributed by atoms with Crippen LogP contribution in [0.15, 0.2) is 18.2 Å². The molecule has 1 aliphatic rings. The first kappa shape index (κ1) is 13.9. The van der Waals surface area contributed by atoms with Crippen molar-refractivity contribution in [3.63, 3.8) is 0 Å². The van der Waals surface area contributed by atoms with Gasteiger partial charge in [0, 0.05) is 12.2 Å². The molecule has 1 fully saturated rings. The largest absolute Gasteiger partial charge is 0.494 e. The number of carbonyl (C=O) groups excluding carboxylic acids is 1. The van der Waals surface area contributed by atoms with Gasteiger partial charge in [-0.25, -0.2) is 0 Å². The van der Waals surface area contributed by atoms with Crippen molar-refractivity contribution in [2.75, 3.05) is 25.0 Å². The fourth-order valence-electron chi connectivity index (χ4n) is 2.42. The van der Waals surface area contributed by atoms with E-state index in [9.17, 15) is 4.79 Å². The number of nitrogens with one attached hydrogen (secondary N) is 2. The Morgan fingerprint density at radius 1 is 1.47 bits per heavy atom. The Balaban J connectivity index is 2.04. The van der Waals surface area contributed by atoms with Crippen LogP contribution in [-0.4, -0.2) is 25.6 Å². The number of aryl methyl sites for hydroxylation is 1. The maximum absolute atomic E-state index is 12.2. The van der Waals surface area contributed by atoms with Gasteiger partial charge in [0.1, 0.15) is 5.75 Å². The summed E-state index contributed by atoms with van der Waals surface area (Å²) in [5, 5.41) is 6.27. The molecule has 2 unspecified atom stereocenters. The van der Waals surface area contributed by atoms with Crippen LogP contribution in [0, 0.1) is 18.8 Å². The first-order chi connectivity index (χ1) is 9.11. The summed E-state index contributed by atoms with van der Waals surface area (Å²) in [6.45, 7) is 8.38. The lowest BCUT2D eigenvalue weighted by molar-refractivity contribution is -0.120. The van der Waals surface area contributed by atoms with Crippen LogP contribution >= 0.6 is 0 Å². The summed E-state index contributed by atoms with van der Waals surface area (Å²) in [6.07, 6.45) is 0. The third-order valence-electron chi connectivity index (χ3n) is 3.62. The first-order valence-corrected chi connectivity index (χ1v) is 6.87. The Morgan fingerprint density at radius 3 is 2.84 bits per heavy atom. The Kier molecular flexibility index (Phi) is 4.43. The minimum atomic E-state index is 0.0611. The average Bonchev–Trinajstić information content (AvgIpc) is 2.79. The van der Waals surface area contributed by atoms with Gasteiger partial charge in [-0.2, -0.15) is 0 Å². The van der Waals surface area contributed by atoms with E-state index in [4.69, 9.17) is 4.74 Å². The molecule has 1 aromatic carbocycles.